The van der Waals surface area contributed by atoms with Crippen molar-refractivity contribution in [3.8, 4) is 0 Å². The molecule has 0 saturated carbocycles. The highest BCUT2D eigenvalue weighted by Gasteiger charge is 2.11. The minimum absolute atomic E-state index is 0.0238. The summed E-state index contributed by atoms with van der Waals surface area (Å²) < 4.78 is 0. The molecule has 0 fully saturated rings. The lowest BCUT2D eigenvalue weighted by Crippen LogP contribution is -2.23. The SMILES string of the molecule is CCCc1c(N)nc(C(C)CN)[nH]c1=O. The van der Waals surface area contributed by atoms with Crippen molar-refractivity contribution in [2.24, 2.45) is 5.73 Å². The van der Waals surface area contributed by atoms with E-state index in [-0.39, 0.29) is 11.5 Å². The molecule has 15 heavy (non-hydrogen) atoms. The summed E-state index contributed by atoms with van der Waals surface area (Å²) in [5.41, 5.74) is 11.7. The number of nitrogens with one attached hydrogen (secondary N) is 1. The fourth-order valence-corrected chi connectivity index (χ4v) is 1.37. The van der Waals surface area contributed by atoms with Gasteiger partial charge in [-0.2, -0.15) is 0 Å². The number of nitrogen functional groups attached to an aromatic ring is 1. The van der Waals surface area contributed by atoms with E-state index in [9.17, 15) is 4.79 Å². The molecule has 0 radical (unpaired) electrons. The van der Waals surface area contributed by atoms with Gasteiger partial charge in [-0.15, -0.1) is 0 Å². The number of aromatic amines is 1. The van der Waals surface area contributed by atoms with Gasteiger partial charge in [-0.25, -0.2) is 4.98 Å². The maximum Gasteiger partial charge on any atom is 0.256 e. The lowest BCUT2D eigenvalue weighted by atomic mass is 10.1. The summed E-state index contributed by atoms with van der Waals surface area (Å²) in [5.74, 6) is 0.923. The Kier molecular flexibility index (Phi) is 3.85. The average molecular weight is 210 g/mol. The summed E-state index contributed by atoms with van der Waals surface area (Å²) in [6, 6.07) is 0. The second-order valence-corrected chi connectivity index (χ2v) is 3.70. The van der Waals surface area contributed by atoms with Gasteiger partial charge >= 0.3 is 0 Å². The van der Waals surface area contributed by atoms with Crippen LogP contribution in [0.1, 0.15) is 37.6 Å². The number of rotatable bonds is 4. The minimum Gasteiger partial charge on any atom is -0.383 e. The second-order valence-electron chi connectivity index (χ2n) is 3.70. The van der Waals surface area contributed by atoms with Crippen LogP contribution in [0.25, 0.3) is 0 Å². The number of hydrogen-bond acceptors (Lipinski definition) is 4. The van der Waals surface area contributed by atoms with Crippen molar-refractivity contribution in [1.29, 1.82) is 0 Å². The number of aromatic nitrogens is 2. The van der Waals surface area contributed by atoms with E-state index in [0.717, 1.165) is 6.42 Å². The molecule has 0 aliphatic heterocycles. The van der Waals surface area contributed by atoms with Crippen LogP contribution in [0.5, 0.6) is 0 Å². The molecule has 1 aromatic heterocycles. The summed E-state index contributed by atoms with van der Waals surface area (Å²) in [6.07, 6.45) is 1.53. The highest BCUT2D eigenvalue weighted by Crippen LogP contribution is 2.11. The third-order valence-electron chi connectivity index (χ3n) is 2.39. The first-order valence-corrected chi connectivity index (χ1v) is 5.18. The first-order valence-electron chi connectivity index (χ1n) is 5.18. The molecule has 1 aromatic rings. The van der Waals surface area contributed by atoms with Gasteiger partial charge in [0.05, 0.1) is 5.56 Å². The minimum atomic E-state index is -0.139. The Morgan fingerprint density at radius 2 is 2.20 bits per heavy atom. The van der Waals surface area contributed by atoms with Crippen LogP contribution in [0.4, 0.5) is 5.82 Å². The normalized spacial score (nSPS) is 12.7. The van der Waals surface area contributed by atoms with Gasteiger partial charge in [0.25, 0.3) is 5.56 Å². The van der Waals surface area contributed by atoms with E-state index >= 15 is 0 Å². The van der Waals surface area contributed by atoms with Crippen LogP contribution in [-0.2, 0) is 6.42 Å². The van der Waals surface area contributed by atoms with Gasteiger partial charge in [-0.1, -0.05) is 20.3 Å². The number of nitrogens with zero attached hydrogens (tertiary/aromatic N) is 1. The molecule has 0 bridgehead atoms. The Morgan fingerprint density at radius 1 is 1.53 bits per heavy atom. The summed E-state index contributed by atoms with van der Waals surface area (Å²) in [6.45, 7) is 4.34. The van der Waals surface area contributed by atoms with Gasteiger partial charge in [0, 0.05) is 12.5 Å². The van der Waals surface area contributed by atoms with Crippen molar-refractivity contribution in [1.82, 2.24) is 9.97 Å². The lowest BCUT2D eigenvalue weighted by molar-refractivity contribution is 0.702. The molecule has 0 saturated heterocycles. The Balaban J connectivity index is 3.13. The van der Waals surface area contributed by atoms with E-state index in [1.165, 1.54) is 0 Å². The van der Waals surface area contributed by atoms with Crippen LogP contribution >= 0.6 is 0 Å². The smallest absolute Gasteiger partial charge is 0.256 e. The van der Waals surface area contributed by atoms with E-state index in [2.05, 4.69) is 9.97 Å². The van der Waals surface area contributed by atoms with Gasteiger partial charge in [0.15, 0.2) is 0 Å². The van der Waals surface area contributed by atoms with Crippen LogP contribution < -0.4 is 17.0 Å². The monoisotopic (exact) mass is 210 g/mol. The predicted octanol–water partition coefficient (Wildman–Crippen LogP) is 0.367. The third-order valence-corrected chi connectivity index (χ3v) is 2.39. The van der Waals surface area contributed by atoms with Crippen molar-refractivity contribution < 1.29 is 0 Å². The van der Waals surface area contributed by atoms with Crippen molar-refractivity contribution in [3.05, 3.63) is 21.7 Å². The van der Waals surface area contributed by atoms with Crippen LogP contribution in [0.15, 0.2) is 4.79 Å². The zero-order valence-electron chi connectivity index (χ0n) is 9.21. The molecular formula is C10H18N4O. The molecule has 0 aliphatic carbocycles. The predicted molar refractivity (Wildman–Crippen MR) is 60.7 cm³/mol. The number of H-pyrrole nitrogens is 1. The molecule has 5 heteroatoms. The molecule has 0 spiro atoms. The maximum atomic E-state index is 11.7. The summed E-state index contributed by atoms with van der Waals surface area (Å²) in [7, 11) is 0. The van der Waals surface area contributed by atoms with Gasteiger partial charge in [0.1, 0.15) is 11.6 Å². The maximum absolute atomic E-state index is 11.7. The van der Waals surface area contributed by atoms with Gasteiger partial charge in [-0.05, 0) is 6.42 Å². The van der Waals surface area contributed by atoms with Crippen molar-refractivity contribution in [2.75, 3.05) is 12.3 Å². The van der Waals surface area contributed by atoms with E-state index in [1.54, 1.807) is 0 Å². The number of hydrogen-bond donors (Lipinski definition) is 3. The molecule has 1 heterocycles. The first-order chi connectivity index (χ1) is 7.10. The van der Waals surface area contributed by atoms with Crippen molar-refractivity contribution in [2.45, 2.75) is 32.6 Å². The van der Waals surface area contributed by atoms with E-state index in [0.29, 0.717) is 30.2 Å². The summed E-state index contributed by atoms with van der Waals surface area (Å²) in [5, 5.41) is 0. The highest BCUT2D eigenvalue weighted by molar-refractivity contribution is 5.38. The largest absolute Gasteiger partial charge is 0.383 e. The molecular weight excluding hydrogens is 192 g/mol. The number of anilines is 1. The second kappa shape index (κ2) is 4.93. The summed E-state index contributed by atoms with van der Waals surface area (Å²) >= 11 is 0. The van der Waals surface area contributed by atoms with E-state index < -0.39 is 0 Å². The van der Waals surface area contributed by atoms with E-state index in [1.807, 2.05) is 13.8 Å². The molecule has 1 unspecified atom stereocenters. The topological polar surface area (TPSA) is 97.8 Å². The van der Waals surface area contributed by atoms with Gasteiger partial charge in [-0.3, -0.25) is 4.79 Å². The molecule has 5 N–H and O–H groups in total. The fourth-order valence-electron chi connectivity index (χ4n) is 1.37. The molecule has 5 nitrogen and oxygen atoms in total. The standard InChI is InChI=1S/C10H18N4O/c1-3-4-7-8(12)13-9(6(2)5-11)14-10(7)15/h6H,3-5,11H2,1-2H3,(H3,12,13,14,15). The third kappa shape index (κ3) is 2.56. The zero-order valence-corrected chi connectivity index (χ0v) is 9.21. The molecule has 84 valence electrons. The van der Waals surface area contributed by atoms with Crippen molar-refractivity contribution >= 4 is 5.82 Å². The quantitative estimate of drug-likeness (QED) is 0.668. The van der Waals surface area contributed by atoms with Crippen LogP contribution in [-0.4, -0.2) is 16.5 Å². The lowest BCUT2D eigenvalue weighted by Gasteiger charge is -2.10. The van der Waals surface area contributed by atoms with E-state index in [4.69, 9.17) is 11.5 Å². The molecule has 0 aromatic carbocycles. The Hall–Kier alpha value is -1.36. The average Bonchev–Trinajstić information content (AvgIpc) is 2.22. The zero-order chi connectivity index (χ0) is 11.4. The Labute approximate surface area is 88.9 Å². The van der Waals surface area contributed by atoms with Crippen LogP contribution in [0.2, 0.25) is 0 Å². The van der Waals surface area contributed by atoms with Crippen molar-refractivity contribution in [3.63, 3.8) is 0 Å². The first kappa shape index (κ1) is 11.7. The Morgan fingerprint density at radius 3 is 2.67 bits per heavy atom. The van der Waals surface area contributed by atoms with Crippen LogP contribution in [0.3, 0.4) is 0 Å². The Bertz CT molecular complexity index is 385. The van der Waals surface area contributed by atoms with Gasteiger partial charge in [0.2, 0.25) is 0 Å². The molecule has 1 rings (SSSR count). The summed E-state index contributed by atoms with van der Waals surface area (Å²) in [4.78, 5) is 18.5. The molecule has 1 atom stereocenters. The number of nitrogens with two attached hydrogens (primary N) is 2. The van der Waals surface area contributed by atoms with Crippen LogP contribution in [0, 0.1) is 0 Å². The molecule has 0 amide bonds. The van der Waals surface area contributed by atoms with Gasteiger partial charge < -0.3 is 16.5 Å². The molecule has 0 aliphatic rings. The fraction of sp³-hybridized carbons (Fsp3) is 0.600. The highest BCUT2D eigenvalue weighted by atomic mass is 16.1.